The lowest BCUT2D eigenvalue weighted by Gasteiger charge is -2.40. The molecule has 0 bridgehead atoms. The summed E-state index contributed by atoms with van der Waals surface area (Å²) in [7, 11) is 0. The standard InChI is InChI=1S/C29H41N7O2/c1-20-17-34(15-16-35(20)27(37)38-28(3,4)5)18-22-10-12-23(13-11-22)36-19-32-29(6,7)21(2)33-26(36)24-9-8-14-31-25(24)30/h8-14,19-21H,15-18H2,1-7H3,(H2,30,31)/t20-,21-/m0/s1. The molecule has 204 valence electrons. The topological polar surface area (TPSA) is 99.7 Å². The maximum Gasteiger partial charge on any atom is 0.410 e. The molecule has 0 spiro atoms. The van der Waals surface area contributed by atoms with Crippen LogP contribution in [0.5, 0.6) is 0 Å². The van der Waals surface area contributed by atoms with E-state index in [-0.39, 0.29) is 23.7 Å². The normalized spacial score (nSPS) is 22.1. The molecule has 38 heavy (non-hydrogen) atoms. The molecule has 0 aliphatic carbocycles. The summed E-state index contributed by atoms with van der Waals surface area (Å²) < 4.78 is 5.58. The molecule has 4 rings (SSSR count). The lowest BCUT2D eigenvalue weighted by molar-refractivity contribution is 0.000559. The zero-order chi connectivity index (χ0) is 27.7. The number of nitrogens with two attached hydrogens (primary N) is 1. The number of benzene rings is 1. The first-order chi connectivity index (χ1) is 17.8. The minimum absolute atomic E-state index is 0.0426. The van der Waals surface area contributed by atoms with E-state index in [0.29, 0.717) is 12.4 Å². The number of nitrogen functional groups attached to an aromatic ring is 1. The fourth-order valence-electron chi connectivity index (χ4n) is 4.56. The minimum atomic E-state index is -0.491. The van der Waals surface area contributed by atoms with Crippen molar-refractivity contribution in [3.05, 3.63) is 53.7 Å². The van der Waals surface area contributed by atoms with Crippen molar-refractivity contribution >= 4 is 29.8 Å². The molecule has 1 amide bonds. The van der Waals surface area contributed by atoms with Gasteiger partial charge < -0.3 is 15.4 Å². The smallest absolute Gasteiger partial charge is 0.410 e. The second-order valence-corrected chi connectivity index (χ2v) is 11.8. The molecule has 0 unspecified atom stereocenters. The van der Waals surface area contributed by atoms with Gasteiger partial charge in [-0.3, -0.25) is 19.8 Å². The molecular weight excluding hydrogens is 478 g/mol. The first-order valence-electron chi connectivity index (χ1n) is 13.3. The Balaban J connectivity index is 1.49. The quantitative estimate of drug-likeness (QED) is 0.635. The number of amidine groups is 1. The first kappa shape index (κ1) is 27.6. The van der Waals surface area contributed by atoms with Crippen molar-refractivity contribution in [2.24, 2.45) is 9.98 Å². The molecule has 2 N–H and O–H groups in total. The Bertz CT molecular complexity index is 1200. The summed E-state index contributed by atoms with van der Waals surface area (Å²) in [6.45, 7) is 17.1. The van der Waals surface area contributed by atoms with Crippen LogP contribution < -0.4 is 10.6 Å². The molecule has 9 nitrogen and oxygen atoms in total. The van der Waals surface area contributed by atoms with E-state index < -0.39 is 5.60 Å². The Labute approximate surface area is 226 Å². The van der Waals surface area contributed by atoms with Crippen molar-refractivity contribution in [1.82, 2.24) is 14.8 Å². The Hall–Kier alpha value is -3.46. The summed E-state index contributed by atoms with van der Waals surface area (Å²) in [5.41, 5.74) is 8.34. The van der Waals surface area contributed by atoms with Gasteiger partial charge in [-0.15, -0.1) is 0 Å². The third-order valence-corrected chi connectivity index (χ3v) is 7.11. The highest BCUT2D eigenvalue weighted by atomic mass is 16.6. The van der Waals surface area contributed by atoms with Crippen molar-refractivity contribution in [2.45, 2.75) is 78.2 Å². The number of carbonyl (C=O) groups excluding carboxylic acids is 1. The molecule has 1 fully saturated rings. The van der Waals surface area contributed by atoms with Crippen LogP contribution in [0.3, 0.4) is 0 Å². The number of hydrogen-bond donors (Lipinski definition) is 1. The van der Waals surface area contributed by atoms with Crippen LogP contribution in [0.25, 0.3) is 0 Å². The maximum absolute atomic E-state index is 12.6. The third kappa shape index (κ3) is 6.32. The monoisotopic (exact) mass is 519 g/mol. The zero-order valence-electron chi connectivity index (χ0n) is 23.7. The molecule has 1 aromatic carbocycles. The molecule has 3 heterocycles. The van der Waals surface area contributed by atoms with E-state index in [0.717, 1.165) is 36.7 Å². The molecule has 1 aromatic heterocycles. The van der Waals surface area contributed by atoms with Gasteiger partial charge >= 0.3 is 6.09 Å². The lowest BCUT2D eigenvalue weighted by Crippen LogP contribution is -2.54. The van der Waals surface area contributed by atoms with E-state index in [9.17, 15) is 4.79 Å². The summed E-state index contributed by atoms with van der Waals surface area (Å²) >= 11 is 0. The van der Waals surface area contributed by atoms with E-state index in [2.05, 4.69) is 61.8 Å². The van der Waals surface area contributed by atoms with Crippen LogP contribution in [-0.4, -0.2) is 75.9 Å². The molecule has 0 radical (unpaired) electrons. The Morgan fingerprint density at radius 2 is 1.84 bits per heavy atom. The van der Waals surface area contributed by atoms with Crippen LogP contribution in [0.4, 0.5) is 16.3 Å². The van der Waals surface area contributed by atoms with Gasteiger partial charge in [0.15, 0.2) is 0 Å². The first-order valence-corrected chi connectivity index (χ1v) is 13.3. The van der Waals surface area contributed by atoms with E-state index in [1.54, 1.807) is 6.20 Å². The number of pyridine rings is 1. The highest BCUT2D eigenvalue weighted by Crippen LogP contribution is 2.27. The van der Waals surface area contributed by atoms with Gasteiger partial charge in [-0.1, -0.05) is 12.1 Å². The number of anilines is 2. The van der Waals surface area contributed by atoms with Crippen molar-refractivity contribution in [2.75, 3.05) is 30.3 Å². The van der Waals surface area contributed by atoms with Crippen LogP contribution >= 0.6 is 0 Å². The number of ether oxygens (including phenoxy) is 1. The maximum atomic E-state index is 12.6. The molecule has 9 heteroatoms. The van der Waals surface area contributed by atoms with Crippen molar-refractivity contribution in [1.29, 1.82) is 0 Å². The number of nitrogens with zero attached hydrogens (tertiary/aromatic N) is 6. The van der Waals surface area contributed by atoms with Crippen LogP contribution in [0, 0.1) is 0 Å². The van der Waals surface area contributed by atoms with Gasteiger partial charge in [-0.05, 0) is 78.3 Å². The number of amides is 1. The number of hydrogen-bond acceptors (Lipinski definition) is 8. The number of piperazine rings is 1. The van der Waals surface area contributed by atoms with Crippen LogP contribution in [0.2, 0.25) is 0 Å². The molecule has 0 saturated carbocycles. The predicted molar refractivity (Wildman–Crippen MR) is 154 cm³/mol. The van der Waals surface area contributed by atoms with E-state index in [1.165, 1.54) is 5.56 Å². The highest BCUT2D eigenvalue weighted by Gasteiger charge is 2.32. The largest absolute Gasteiger partial charge is 0.444 e. The summed E-state index contributed by atoms with van der Waals surface area (Å²) in [5.74, 6) is 1.17. The van der Waals surface area contributed by atoms with Gasteiger partial charge in [-0.2, -0.15) is 0 Å². The van der Waals surface area contributed by atoms with E-state index in [1.807, 2.05) is 49.0 Å². The minimum Gasteiger partial charge on any atom is -0.444 e. The SMILES string of the molecule is C[C@@H]1N=C(c2cccnc2N)N(c2ccc(CN3CCN(C(=O)OC(C)(C)C)[C@@H](C)C3)cc2)C=NC1(C)C. The Kier molecular flexibility index (Phi) is 7.78. The zero-order valence-corrected chi connectivity index (χ0v) is 23.7. The van der Waals surface area contributed by atoms with Crippen LogP contribution in [0.15, 0.2) is 52.6 Å². The van der Waals surface area contributed by atoms with Gasteiger partial charge in [-0.25, -0.2) is 9.78 Å². The van der Waals surface area contributed by atoms with E-state index >= 15 is 0 Å². The lowest BCUT2D eigenvalue weighted by atomic mass is 9.98. The molecular formula is C29H41N7O2. The molecule has 2 aromatic rings. The predicted octanol–water partition coefficient (Wildman–Crippen LogP) is 4.57. The second kappa shape index (κ2) is 10.7. The van der Waals surface area contributed by atoms with Gasteiger partial charge in [0.1, 0.15) is 17.3 Å². The second-order valence-electron chi connectivity index (χ2n) is 11.8. The molecule has 1 saturated heterocycles. The number of aliphatic imine (C=N–C) groups is 2. The van der Waals surface area contributed by atoms with Crippen LogP contribution in [0.1, 0.15) is 59.6 Å². The number of aromatic nitrogens is 1. The summed E-state index contributed by atoms with van der Waals surface area (Å²) in [4.78, 5) is 32.9. The number of carbonyl (C=O) groups is 1. The van der Waals surface area contributed by atoms with Crippen LogP contribution in [-0.2, 0) is 11.3 Å². The van der Waals surface area contributed by atoms with Gasteiger partial charge in [0.25, 0.3) is 0 Å². The summed E-state index contributed by atoms with van der Waals surface area (Å²) in [6.07, 6.45) is 3.30. The van der Waals surface area contributed by atoms with Crippen molar-refractivity contribution < 1.29 is 9.53 Å². The Morgan fingerprint density at radius 3 is 2.47 bits per heavy atom. The average molecular weight is 520 g/mol. The molecule has 2 aliphatic rings. The van der Waals surface area contributed by atoms with Gasteiger partial charge in [0, 0.05) is 44.1 Å². The third-order valence-electron chi connectivity index (χ3n) is 7.11. The highest BCUT2D eigenvalue weighted by molar-refractivity contribution is 6.21. The fraction of sp³-hybridized carbons (Fsp3) is 0.517. The molecule has 2 atom stereocenters. The number of rotatable bonds is 4. The van der Waals surface area contributed by atoms with Gasteiger partial charge in [0.2, 0.25) is 0 Å². The summed E-state index contributed by atoms with van der Waals surface area (Å²) in [5, 5.41) is 0. The summed E-state index contributed by atoms with van der Waals surface area (Å²) in [6, 6.07) is 12.3. The van der Waals surface area contributed by atoms with E-state index in [4.69, 9.17) is 20.5 Å². The Morgan fingerprint density at radius 1 is 1.13 bits per heavy atom. The van der Waals surface area contributed by atoms with Crippen molar-refractivity contribution in [3.63, 3.8) is 0 Å². The van der Waals surface area contributed by atoms with Crippen molar-refractivity contribution in [3.8, 4) is 0 Å². The molecule has 2 aliphatic heterocycles. The fourth-order valence-corrected chi connectivity index (χ4v) is 4.56. The average Bonchev–Trinajstić information content (AvgIpc) is 2.94. The van der Waals surface area contributed by atoms with Gasteiger partial charge in [0.05, 0.1) is 23.5 Å².